The Morgan fingerprint density at radius 3 is 2.62 bits per heavy atom. The van der Waals surface area contributed by atoms with Crippen LogP contribution in [0.3, 0.4) is 0 Å². The SMILES string of the molecule is CC(C)(O)c1cncc(S(=O)Cl)c1. The highest BCUT2D eigenvalue weighted by Gasteiger charge is 2.17. The molecule has 1 unspecified atom stereocenters. The van der Waals surface area contributed by atoms with Gasteiger partial charge in [0, 0.05) is 18.0 Å². The van der Waals surface area contributed by atoms with Crippen molar-refractivity contribution in [3.8, 4) is 0 Å². The lowest BCUT2D eigenvalue weighted by Crippen LogP contribution is -2.15. The van der Waals surface area contributed by atoms with Crippen molar-refractivity contribution in [2.24, 2.45) is 0 Å². The zero-order valence-electron chi connectivity index (χ0n) is 7.32. The largest absolute Gasteiger partial charge is 0.386 e. The first-order chi connectivity index (χ1) is 5.91. The number of halogens is 1. The molecule has 0 amide bonds. The van der Waals surface area contributed by atoms with Crippen LogP contribution in [0, 0.1) is 0 Å². The van der Waals surface area contributed by atoms with Gasteiger partial charge in [0.15, 0.2) is 0 Å². The van der Waals surface area contributed by atoms with E-state index in [1.54, 1.807) is 19.9 Å². The fourth-order valence-corrected chi connectivity index (χ4v) is 1.46. The summed E-state index contributed by atoms with van der Waals surface area (Å²) in [5.41, 5.74) is -0.391. The first-order valence-electron chi connectivity index (χ1n) is 3.67. The third-order valence-electron chi connectivity index (χ3n) is 1.60. The molecule has 0 aromatic carbocycles. The zero-order chi connectivity index (χ0) is 10.1. The summed E-state index contributed by atoms with van der Waals surface area (Å²) in [6.45, 7) is 3.26. The van der Waals surface area contributed by atoms with Crippen molar-refractivity contribution in [3.63, 3.8) is 0 Å². The lowest BCUT2D eigenvalue weighted by Gasteiger charge is -2.17. The van der Waals surface area contributed by atoms with E-state index in [-0.39, 0.29) is 0 Å². The normalized spacial score (nSPS) is 14.2. The summed E-state index contributed by atoms with van der Waals surface area (Å²) >= 11 is 0. The minimum absolute atomic E-state index is 0.404. The van der Waals surface area contributed by atoms with E-state index in [1.807, 2.05) is 0 Å². The Morgan fingerprint density at radius 2 is 2.15 bits per heavy atom. The molecule has 0 saturated carbocycles. The van der Waals surface area contributed by atoms with Crippen LogP contribution in [0.15, 0.2) is 23.4 Å². The quantitative estimate of drug-likeness (QED) is 0.769. The minimum atomic E-state index is -1.58. The van der Waals surface area contributed by atoms with E-state index in [1.165, 1.54) is 12.4 Å². The molecule has 1 atom stereocenters. The fraction of sp³-hybridized carbons (Fsp3) is 0.375. The maximum absolute atomic E-state index is 10.9. The van der Waals surface area contributed by atoms with Crippen LogP contribution >= 0.6 is 10.7 Å². The van der Waals surface area contributed by atoms with Gasteiger partial charge in [-0.1, -0.05) is 0 Å². The monoisotopic (exact) mass is 219 g/mol. The van der Waals surface area contributed by atoms with E-state index in [4.69, 9.17) is 10.7 Å². The second-order valence-electron chi connectivity index (χ2n) is 3.19. The molecule has 72 valence electrons. The van der Waals surface area contributed by atoms with Crippen LogP contribution in [0.1, 0.15) is 19.4 Å². The molecule has 0 bridgehead atoms. The number of hydrogen-bond donors (Lipinski definition) is 1. The third kappa shape index (κ3) is 2.76. The van der Waals surface area contributed by atoms with Crippen LogP contribution in [0.4, 0.5) is 0 Å². The van der Waals surface area contributed by atoms with Crippen molar-refractivity contribution >= 4 is 20.7 Å². The van der Waals surface area contributed by atoms with Gasteiger partial charge in [0.05, 0.1) is 10.5 Å². The van der Waals surface area contributed by atoms with E-state index in [9.17, 15) is 9.32 Å². The Hall–Kier alpha value is -0.450. The van der Waals surface area contributed by atoms with Crippen LogP contribution in [0.5, 0.6) is 0 Å². The Kier molecular flexibility index (Phi) is 3.05. The van der Waals surface area contributed by atoms with Crippen molar-refractivity contribution in [3.05, 3.63) is 24.0 Å². The van der Waals surface area contributed by atoms with Crippen LogP contribution in [-0.4, -0.2) is 14.3 Å². The van der Waals surface area contributed by atoms with Crippen molar-refractivity contribution in [1.29, 1.82) is 0 Å². The molecule has 1 aromatic heterocycles. The first kappa shape index (κ1) is 10.6. The molecule has 0 aliphatic carbocycles. The number of aromatic nitrogens is 1. The second kappa shape index (κ2) is 3.74. The summed E-state index contributed by atoms with van der Waals surface area (Å²) in [5, 5.41) is 9.61. The predicted molar refractivity (Wildman–Crippen MR) is 51.7 cm³/mol. The summed E-state index contributed by atoms with van der Waals surface area (Å²) < 4.78 is 10.9. The molecule has 1 N–H and O–H groups in total. The fourth-order valence-electron chi connectivity index (χ4n) is 0.841. The number of rotatable bonds is 2. The van der Waals surface area contributed by atoms with Crippen LogP contribution < -0.4 is 0 Å². The highest BCUT2D eigenvalue weighted by molar-refractivity contribution is 8.08. The molecule has 0 radical (unpaired) electrons. The standard InChI is InChI=1S/C8H10ClNO2S/c1-8(2,11)6-3-7(13(9)12)5-10-4-6/h3-5,11H,1-2H3. The Morgan fingerprint density at radius 1 is 1.54 bits per heavy atom. The van der Waals surface area contributed by atoms with Gasteiger partial charge >= 0.3 is 0 Å². The van der Waals surface area contributed by atoms with E-state index in [2.05, 4.69) is 4.98 Å². The number of pyridine rings is 1. The minimum Gasteiger partial charge on any atom is -0.386 e. The molecule has 1 aromatic rings. The maximum Gasteiger partial charge on any atom is 0.149 e. The second-order valence-corrected chi connectivity index (χ2v) is 4.95. The molecular formula is C8H10ClNO2S. The highest BCUT2D eigenvalue weighted by atomic mass is 35.7. The predicted octanol–water partition coefficient (Wildman–Crippen LogP) is 1.57. The summed E-state index contributed by atoms with van der Waals surface area (Å²) in [5.74, 6) is 0. The topological polar surface area (TPSA) is 50.2 Å². The first-order valence-corrected chi connectivity index (χ1v) is 5.65. The Balaban J connectivity index is 3.13. The molecule has 0 spiro atoms. The molecular weight excluding hydrogens is 210 g/mol. The summed E-state index contributed by atoms with van der Waals surface area (Å²) in [4.78, 5) is 4.24. The van der Waals surface area contributed by atoms with Crippen molar-refractivity contribution < 1.29 is 9.32 Å². The average Bonchev–Trinajstić information content (AvgIpc) is 2.03. The van der Waals surface area contributed by atoms with E-state index >= 15 is 0 Å². The smallest absolute Gasteiger partial charge is 0.149 e. The van der Waals surface area contributed by atoms with E-state index in [0.717, 1.165) is 0 Å². The van der Waals surface area contributed by atoms with Gasteiger partial charge in [0.1, 0.15) is 10.0 Å². The molecule has 13 heavy (non-hydrogen) atoms. The molecule has 3 nitrogen and oxygen atoms in total. The van der Waals surface area contributed by atoms with Gasteiger partial charge in [-0.05, 0) is 30.6 Å². The highest BCUT2D eigenvalue weighted by Crippen LogP contribution is 2.21. The van der Waals surface area contributed by atoms with E-state index in [0.29, 0.717) is 10.5 Å². The number of aliphatic hydroxyl groups is 1. The van der Waals surface area contributed by atoms with Gasteiger partial charge in [0.2, 0.25) is 0 Å². The van der Waals surface area contributed by atoms with Crippen LogP contribution in [0.25, 0.3) is 0 Å². The molecule has 0 saturated heterocycles. The van der Waals surface area contributed by atoms with Gasteiger partial charge < -0.3 is 5.11 Å². The number of hydrogen-bond acceptors (Lipinski definition) is 3. The summed E-state index contributed by atoms with van der Waals surface area (Å²) in [6.07, 6.45) is 2.94. The Bertz CT molecular complexity index is 335. The molecule has 5 heteroatoms. The molecule has 1 heterocycles. The van der Waals surface area contributed by atoms with Crippen molar-refractivity contribution in [2.75, 3.05) is 0 Å². The lowest BCUT2D eigenvalue weighted by molar-refractivity contribution is 0.0780. The van der Waals surface area contributed by atoms with Crippen molar-refractivity contribution in [2.45, 2.75) is 24.3 Å². The molecule has 0 aliphatic heterocycles. The van der Waals surface area contributed by atoms with Crippen LogP contribution in [-0.2, 0) is 15.6 Å². The summed E-state index contributed by atoms with van der Waals surface area (Å²) in [6, 6.07) is 1.58. The lowest BCUT2D eigenvalue weighted by atomic mass is 10.0. The molecule has 0 fully saturated rings. The Labute approximate surface area is 83.7 Å². The molecule has 1 rings (SSSR count). The molecule has 0 aliphatic rings. The average molecular weight is 220 g/mol. The zero-order valence-corrected chi connectivity index (χ0v) is 8.89. The van der Waals surface area contributed by atoms with Gasteiger partial charge in [-0.15, -0.1) is 0 Å². The van der Waals surface area contributed by atoms with Gasteiger partial charge in [0.25, 0.3) is 0 Å². The number of nitrogens with zero attached hydrogens (tertiary/aromatic N) is 1. The van der Waals surface area contributed by atoms with Gasteiger partial charge in [-0.3, -0.25) is 4.98 Å². The van der Waals surface area contributed by atoms with Crippen LogP contribution in [0.2, 0.25) is 0 Å². The summed E-state index contributed by atoms with van der Waals surface area (Å²) in [7, 11) is 3.80. The maximum atomic E-state index is 10.9. The third-order valence-corrected chi connectivity index (χ3v) is 2.73. The van der Waals surface area contributed by atoms with Gasteiger partial charge in [-0.25, -0.2) is 4.21 Å². The van der Waals surface area contributed by atoms with Crippen molar-refractivity contribution in [1.82, 2.24) is 4.98 Å². The van der Waals surface area contributed by atoms with Gasteiger partial charge in [-0.2, -0.15) is 0 Å². The van der Waals surface area contributed by atoms with E-state index < -0.39 is 15.6 Å².